The van der Waals surface area contributed by atoms with Crippen molar-refractivity contribution in [2.45, 2.75) is 25.9 Å². The molecule has 0 fully saturated rings. The molecule has 3 N–H and O–H groups in total. The van der Waals surface area contributed by atoms with Crippen LogP contribution in [0, 0.1) is 11.3 Å². The van der Waals surface area contributed by atoms with E-state index >= 15 is 0 Å². The molecule has 1 aromatic heterocycles. The lowest BCUT2D eigenvalue weighted by Crippen LogP contribution is -2.32. The number of likely N-dealkylation sites (N-methyl/N-ethyl adjacent to an activating group) is 1. The molecule has 0 bridgehead atoms. The summed E-state index contributed by atoms with van der Waals surface area (Å²) < 4.78 is 1.57. The standard InChI is InChI=1S/C10H17N7O/c1-8(3-4-11)16(2)5-6-17-7-9(14-15-17)10(18)13-12/h7-8H,3,5-6,12H2,1-2H3,(H,13,18). The number of hydrogen-bond acceptors (Lipinski definition) is 6. The second-order valence-corrected chi connectivity index (χ2v) is 4.03. The second kappa shape index (κ2) is 6.68. The number of hydrogen-bond donors (Lipinski definition) is 2. The van der Waals surface area contributed by atoms with Gasteiger partial charge in [0.25, 0.3) is 5.91 Å². The van der Waals surface area contributed by atoms with Crippen molar-refractivity contribution in [1.82, 2.24) is 25.3 Å². The molecule has 0 aliphatic heterocycles. The number of nitrogen functional groups attached to an aromatic ring is 1. The Hall–Kier alpha value is -1.98. The van der Waals surface area contributed by atoms with Gasteiger partial charge in [-0.15, -0.1) is 5.10 Å². The van der Waals surface area contributed by atoms with Crippen molar-refractivity contribution in [3.05, 3.63) is 11.9 Å². The zero-order chi connectivity index (χ0) is 13.5. The quantitative estimate of drug-likeness (QED) is 0.385. The zero-order valence-electron chi connectivity index (χ0n) is 10.5. The third-order valence-electron chi connectivity index (χ3n) is 2.72. The predicted octanol–water partition coefficient (Wildman–Crippen LogP) is -0.884. The number of carbonyl (C=O) groups excluding carboxylic acids is 1. The lowest BCUT2D eigenvalue weighted by molar-refractivity contribution is 0.0948. The van der Waals surface area contributed by atoms with Gasteiger partial charge in [-0.05, 0) is 14.0 Å². The molecule has 8 heteroatoms. The van der Waals surface area contributed by atoms with Gasteiger partial charge in [0, 0.05) is 12.6 Å². The van der Waals surface area contributed by atoms with Crippen LogP contribution in [0.4, 0.5) is 0 Å². The van der Waals surface area contributed by atoms with Gasteiger partial charge in [-0.1, -0.05) is 5.21 Å². The van der Waals surface area contributed by atoms with Gasteiger partial charge >= 0.3 is 0 Å². The van der Waals surface area contributed by atoms with Crippen molar-refractivity contribution in [3.8, 4) is 6.07 Å². The summed E-state index contributed by atoms with van der Waals surface area (Å²) in [6.07, 6.45) is 2.01. The van der Waals surface area contributed by atoms with Crippen molar-refractivity contribution in [3.63, 3.8) is 0 Å². The number of hydrazine groups is 1. The maximum absolute atomic E-state index is 11.2. The monoisotopic (exact) mass is 251 g/mol. The number of carbonyl (C=O) groups is 1. The van der Waals surface area contributed by atoms with Crippen LogP contribution in [-0.4, -0.2) is 45.4 Å². The molecule has 1 atom stereocenters. The smallest absolute Gasteiger partial charge is 0.287 e. The van der Waals surface area contributed by atoms with E-state index < -0.39 is 5.91 Å². The molecule has 0 aliphatic rings. The number of rotatable bonds is 6. The topological polar surface area (TPSA) is 113 Å². The maximum Gasteiger partial charge on any atom is 0.287 e. The SMILES string of the molecule is CC(CC#N)N(C)CCn1cc(C(=O)NN)nn1. The van der Waals surface area contributed by atoms with Crippen LogP contribution >= 0.6 is 0 Å². The third-order valence-corrected chi connectivity index (χ3v) is 2.72. The fourth-order valence-corrected chi connectivity index (χ4v) is 1.35. The van der Waals surface area contributed by atoms with Crippen molar-refractivity contribution >= 4 is 5.91 Å². The molecule has 0 saturated heterocycles. The first-order valence-corrected chi connectivity index (χ1v) is 5.56. The summed E-state index contributed by atoms with van der Waals surface area (Å²) >= 11 is 0. The first-order valence-electron chi connectivity index (χ1n) is 5.56. The molecule has 1 heterocycles. The second-order valence-electron chi connectivity index (χ2n) is 4.03. The van der Waals surface area contributed by atoms with E-state index in [-0.39, 0.29) is 11.7 Å². The molecule has 1 aromatic rings. The Morgan fingerprint density at radius 3 is 3.11 bits per heavy atom. The minimum absolute atomic E-state index is 0.185. The van der Waals surface area contributed by atoms with Crippen LogP contribution in [-0.2, 0) is 6.54 Å². The van der Waals surface area contributed by atoms with E-state index in [9.17, 15) is 4.79 Å². The maximum atomic E-state index is 11.2. The summed E-state index contributed by atoms with van der Waals surface area (Å²) in [5.41, 5.74) is 2.18. The van der Waals surface area contributed by atoms with Gasteiger partial charge in [0.2, 0.25) is 0 Å². The molecule has 98 valence electrons. The first-order chi connectivity index (χ1) is 8.58. The Morgan fingerprint density at radius 1 is 1.78 bits per heavy atom. The summed E-state index contributed by atoms with van der Waals surface area (Å²) in [5, 5.41) is 16.1. The molecule has 0 spiro atoms. The highest BCUT2D eigenvalue weighted by Gasteiger charge is 2.11. The van der Waals surface area contributed by atoms with Gasteiger partial charge in [0.1, 0.15) is 0 Å². The van der Waals surface area contributed by atoms with E-state index in [4.69, 9.17) is 11.1 Å². The molecule has 1 unspecified atom stereocenters. The van der Waals surface area contributed by atoms with Crippen LogP contribution in [0.25, 0.3) is 0 Å². The van der Waals surface area contributed by atoms with E-state index in [1.165, 1.54) is 6.20 Å². The molecule has 1 rings (SSSR count). The van der Waals surface area contributed by atoms with E-state index in [0.29, 0.717) is 13.0 Å². The molecular formula is C10H17N7O. The molecule has 0 aliphatic carbocycles. The number of nitriles is 1. The summed E-state index contributed by atoms with van der Waals surface area (Å²) in [7, 11) is 1.94. The van der Waals surface area contributed by atoms with Gasteiger partial charge in [-0.2, -0.15) is 5.26 Å². The summed E-state index contributed by atoms with van der Waals surface area (Å²) in [4.78, 5) is 13.2. The van der Waals surface area contributed by atoms with Crippen molar-refractivity contribution in [2.75, 3.05) is 13.6 Å². The Kier molecular flexibility index (Phi) is 5.23. The van der Waals surface area contributed by atoms with Gasteiger partial charge in [-0.3, -0.25) is 14.9 Å². The van der Waals surface area contributed by atoms with Gasteiger partial charge < -0.3 is 4.90 Å². The molecule has 1 amide bonds. The first kappa shape index (κ1) is 14.1. The van der Waals surface area contributed by atoms with Crippen molar-refractivity contribution in [1.29, 1.82) is 5.26 Å². The highest BCUT2D eigenvalue weighted by Crippen LogP contribution is 2.00. The van der Waals surface area contributed by atoms with Crippen LogP contribution in [0.2, 0.25) is 0 Å². The number of nitrogens with two attached hydrogens (primary N) is 1. The Morgan fingerprint density at radius 2 is 2.50 bits per heavy atom. The zero-order valence-corrected chi connectivity index (χ0v) is 10.5. The fraction of sp³-hybridized carbons (Fsp3) is 0.600. The Balaban J connectivity index is 2.47. The largest absolute Gasteiger partial charge is 0.301 e. The van der Waals surface area contributed by atoms with E-state index in [2.05, 4.69) is 16.4 Å². The van der Waals surface area contributed by atoms with Crippen molar-refractivity contribution in [2.24, 2.45) is 5.84 Å². The molecule has 0 aromatic carbocycles. The molecule has 18 heavy (non-hydrogen) atoms. The minimum atomic E-state index is -0.465. The van der Waals surface area contributed by atoms with Crippen LogP contribution in [0.1, 0.15) is 23.8 Å². The van der Waals surface area contributed by atoms with Crippen LogP contribution in [0.15, 0.2) is 6.20 Å². The van der Waals surface area contributed by atoms with Gasteiger partial charge in [0.15, 0.2) is 5.69 Å². The number of amides is 1. The highest BCUT2D eigenvalue weighted by molar-refractivity contribution is 5.91. The lowest BCUT2D eigenvalue weighted by Gasteiger charge is -2.21. The fourth-order valence-electron chi connectivity index (χ4n) is 1.35. The lowest BCUT2D eigenvalue weighted by atomic mass is 10.2. The number of aromatic nitrogens is 3. The Labute approximate surface area is 105 Å². The third kappa shape index (κ3) is 3.80. The van der Waals surface area contributed by atoms with Crippen molar-refractivity contribution < 1.29 is 4.79 Å². The summed E-state index contributed by atoms with van der Waals surface area (Å²) in [5.74, 6) is 4.53. The average molecular weight is 251 g/mol. The van der Waals surface area contributed by atoms with E-state index in [1.807, 2.05) is 24.3 Å². The molecule has 0 radical (unpaired) electrons. The van der Waals surface area contributed by atoms with Crippen LogP contribution < -0.4 is 11.3 Å². The van der Waals surface area contributed by atoms with Gasteiger partial charge in [-0.25, -0.2) is 5.84 Å². The summed E-state index contributed by atoms with van der Waals surface area (Å²) in [6, 6.07) is 2.32. The summed E-state index contributed by atoms with van der Waals surface area (Å²) in [6.45, 7) is 3.30. The average Bonchev–Trinajstić information content (AvgIpc) is 2.84. The van der Waals surface area contributed by atoms with Crippen LogP contribution in [0.5, 0.6) is 0 Å². The molecule has 0 saturated carbocycles. The minimum Gasteiger partial charge on any atom is -0.301 e. The van der Waals surface area contributed by atoms with Crippen LogP contribution in [0.3, 0.4) is 0 Å². The predicted molar refractivity (Wildman–Crippen MR) is 64.0 cm³/mol. The molecular weight excluding hydrogens is 234 g/mol. The Bertz CT molecular complexity index is 436. The highest BCUT2D eigenvalue weighted by atomic mass is 16.2. The van der Waals surface area contributed by atoms with E-state index in [0.717, 1.165) is 6.54 Å². The number of nitrogens with zero attached hydrogens (tertiary/aromatic N) is 5. The van der Waals surface area contributed by atoms with Gasteiger partial charge in [0.05, 0.1) is 25.2 Å². The normalized spacial score (nSPS) is 12.2. The number of nitrogens with one attached hydrogen (secondary N) is 1. The molecule has 8 nitrogen and oxygen atoms in total. The van der Waals surface area contributed by atoms with E-state index in [1.54, 1.807) is 4.68 Å².